The van der Waals surface area contributed by atoms with Crippen molar-refractivity contribution in [3.05, 3.63) is 29.8 Å². The van der Waals surface area contributed by atoms with Crippen LogP contribution in [0.1, 0.15) is 24.2 Å². The van der Waals surface area contributed by atoms with E-state index in [1.165, 1.54) is 6.92 Å². The monoisotopic (exact) mass is 231 g/mol. The van der Waals surface area contributed by atoms with E-state index in [1.807, 2.05) is 6.07 Å². The van der Waals surface area contributed by atoms with E-state index in [4.69, 9.17) is 5.26 Å². The Balaban J connectivity index is 2.69. The molecule has 1 rings (SSSR count). The van der Waals surface area contributed by atoms with E-state index in [9.17, 15) is 9.59 Å². The molecule has 2 amide bonds. The molecular weight excluding hydrogens is 218 g/mol. The van der Waals surface area contributed by atoms with E-state index in [-0.39, 0.29) is 5.78 Å². The number of nitrogens with one attached hydrogen (secondary N) is 2. The first-order valence-corrected chi connectivity index (χ1v) is 5.11. The molecule has 5 heteroatoms. The van der Waals surface area contributed by atoms with Crippen LogP contribution in [0.2, 0.25) is 0 Å². The van der Waals surface area contributed by atoms with Crippen molar-refractivity contribution in [3.8, 4) is 6.07 Å². The van der Waals surface area contributed by atoms with Crippen LogP contribution in [0.3, 0.4) is 0 Å². The van der Waals surface area contributed by atoms with Crippen LogP contribution in [0.15, 0.2) is 24.3 Å². The van der Waals surface area contributed by atoms with Crippen LogP contribution in [0.5, 0.6) is 0 Å². The van der Waals surface area contributed by atoms with Gasteiger partial charge < -0.3 is 10.6 Å². The lowest BCUT2D eigenvalue weighted by atomic mass is 10.1. The minimum absolute atomic E-state index is 0.0700. The Hall–Kier alpha value is -2.35. The summed E-state index contributed by atoms with van der Waals surface area (Å²) >= 11 is 0. The van der Waals surface area contributed by atoms with Crippen molar-refractivity contribution in [1.29, 1.82) is 5.26 Å². The number of anilines is 1. The second kappa shape index (κ2) is 5.66. The van der Waals surface area contributed by atoms with Gasteiger partial charge in [0.25, 0.3) is 0 Å². The molecule has 1 aromatic rings. The van der Waals surface area contributed by atoms with Crippen LogP contribution < -0.4 is 10.6 Å². The van der Waals surface area contributed by atoms with Crippen molar-refractivity contribution in [1.82, 2.24) is 5.32 Å². The van der Waals surface area contributed by atoms with E-state index in [0.29, 0.717) is 11.3 Å². The third-order valence-corrected chi connectivity index (χ3v) is 2.07. The van der Waals surface area contributed by atoms with Crippen LogP contribution in [0, 0.1) is 11.3 Å². The van der Waals surface area contributed by atoms with Crippen molar-refractivity contribution < 1.29 is 9.59 Å². The predicted molar refractivity (Wildman–Crippen MR) is 63.7 cm³/mol. The minimum Gasteiger partial charge on any atom is -0.322 e. The SMILES string of the molecule is CC(=O)c1cccc(NC(=O)NC(C)C#N)c1. The molecule has 0 heterocycles. The Morgan fingerprint density at radius 3 is 2.71 bits per heavy atom. The highest BCUT2D eigenvalue weighted by Gasteiger charge is 2.06. The van der Waals surface area contributed by atoms with Crippen molar-refractivity contribution in [2.45, 2.75) is 19.9 Å². The number of benzene rings is 1. The third kappa shape index (κ3) is 3.95. The van der Waals surface area contributed by atoms with Crippen molar-refractivity contribution in [2.75, 3.05) is 5.32 Å². The van der Waals surface area contributed by atoms with Gasteiger partial charge >= 0.3 is 6.03 Å². The Morgan fingerprint density at radius 1 is 1.41 bits per heavy atom. The summed E-state index contributed by atoms with van der Waals surface area (Å²) < 4.78 is 0. The highest BCUT2D eigenvalue weighted by atomic mass is 16.2. The first-order valence-electron chi connectivity index (χ1n) is 5.11. The van der Waals surface area contributed by atoms with E-state index in [1.54, 1.807) is 31.2 Å². The van der Waals surface area contributed by atoms with Gasteiger partial charge in [-0.15, -0.1) is 0 Å². The highest BCUT2D eigenvalue weighted by Crippen LogP contribution is 2.10. The summed E-state index contributed by atoms with van der Waals surface area (Å²) in [4.78, 5) is 22.5. The first kappa shape index (κ1) is 12.7. The summed E-state index contributed by atoms with van der Waals surface area (Å²) in [7, 11) is 0. The van der Waals surface area contributed by atoms with Crippen LogP contribution in [-0.2, 0) is 0 Å². The maximum absolute atomic E-state index is 11.4. The maximum atomic E-state index is 11.4. The summed E-state index contributed by atoms with van der Waals surface area (Å²) in [5, 5.41) is 13.5. The fourth-order valence-electron chi connectivity index (χ4n) is 1.21. The van der Waals surface area contributed by atoms with Crippen molar-refractivity contribution >= 4 is 17.5 Å². The van der Waals surface area contributed by atoms with E-state index in [2.05, 4.69) is 10.6 Å². The topological polar surface area (TPSA) is 82.0 Å². The molecule has 0 bridgehead atoms. The fraction of sp³-hybridized carbons (Fsp3) is 0.250. The zero-order valence-corrected chi connectivity index (χ0v) is 9.65. The maximum Gasteiger partial charge on any atom is 0.320 e. The highest BCUT2D eigenvalue weighted by molar-refractivity contribution is 5.96. The van der Waals surface area contributed by atoms with Gasteiger partial charge in [-0.05, 0) is 26.0 Å². The second-order valence-electron chi connectivity index (χ2n) is 3.59. The molecule has 5 nitrogen and oxygen atoms in total. The molecule has 0 spiro atoms. The van der Waals surface area contributed by atoms with Crippen LogP contribution in [0.25, 0.3) is 0 Å². The Bertz CT molecular complexity index is 477. The number of carbonyl (C=O) groups is 2. The van der Waals surface area contributed by atoms with Crippen LogP contribution >= 0.6 is 0 Å². The number of nitriles is 1. The molecule has 2 N–H and O–H groups in total. The molecule has 0 aliphatic rings. The molecule has 1 atom stereocenters. The smallest absolute Gasteiger partial charge is 0.320 e. The third-order valence-electron chi connectivity index (χ3n) is 2.07. The number of rotatable bonds is 3. The van der Waals surface area contributed by atoms with Gasteiger partial charge in [-0.3, -0.25) is 4.79 Å². The fourth-order valence-corrected chi connectivity index (χ4v) is 1.21. The van der Waals surface area contributed by atoms with Gasteiger partial charge in [-0.2, -0.15) is 5.26 Å². The standard InChI is InChI=1S/C12H13N3O2/c1-8(7-13)14-12(17)15-11-5-3-4-10(6-11)9(2)16/h3-6,8H,1-2H3,(H2,14,15,17). The number of ketones is 1. The lowest BCUT2D eigenvalue weighted by molar-refractivity contribution is 0.101. The van der Waals surface area contributed by atoms with Gasteiger partial charge in [0.2, 0.25) is 0 Å². The molecule has 0 saturated carbocycles. The normalized spacial score (nSPS) is 11.1. The van der Waals surface area contributed by atoms with Gasteiger partial charge in [0, 0.05) is 11.3 Å². The average Bonchev–Trinajstić information content (AvgIpc) is 2.28. The molecule has 0 aliphatic carbocycles. The van der Waals surface area contributed by atoms with Gasteiger partial charge in [-0.25, -0.2) is 4.79 Å². The van der Waals surface area contributed by atoms with Crippen LogP contribution in [-0.4, -0.2) is 17.9 Å². The van der Waals surface area contributed by atoms with Crippen molar-refractivity contribution in [3.63, 3.8) is 0 Å². The van der Waals surface area contributed by atoms with E-state index < -0.39 is 12.1 Å². The number of urea groups is 1. The molecule has 0 saturated heterocycles. The Kier molecular flexibility index (Phi) is 4.23. The molecule has 17 heavy (non-hydrogen) atoms. The predicted octanol–water partition coefficient (Wildman–Crippen LogP) is 1.92. The lowest BCUT2D eigenvalue weighted by Crippen LogP contribution is -2.35. The molecule has 0 aromatic heterocycles. The van der Waals surface area contributed by atoms with Gasteiger partial charge in [0.1, 0.15) is 6.04 Å². The number of nitrogens with zero attached hydrogens (tertiary/aromatic N) is 1. The van der Waals surface area contributed by atoms with Gasteiger partial charge in [0.05, 0.1) is 6.07 Å². The zero-order chi connectivity index (χ0) is 12.8. The molecule has 1 aromatic carbocycles. The summed E-state index contributed by atoms with van der Waals surface area (Å²) in [5.74, 6) is -0.0700. The Morgan fingerprint density at radius 2 is 2.12 bits per heavy atom. The molecule has 1 unspecified atom stereocenters. The summed E-state index contributed by atoms with van der Waals surface area (Å²) in [6.07, 6.45) is 0. The van der Waals surface area contributed by atoms with Crippen molar-refractivity contribution in [2.24, 2.45) is 0 Å². The molecular formula is C12H13N3O2. The minimum atomic E-state index is -0.564. The average molecular weight is 231 g/mol. The number of Topliss-reactive ketones (excluding diaryl/α,β-unsaturated/α-hetero) is 1. The largest absolute Gasteiger partial charge is 0.322 e. The summed E-state index contributed by atoms with van der Waals surface area (Å²) in [6.45, 7) is 3.03. The van der Waals surface area contributed by atoms with Crippen LogP contribution in [0.4, 0.5) is 10.5 Å². The summed E-state index contributed by atoms with van der Waals surface area (Å²) in [5.41, 5.74) is 1.04. The lowest BCUT2D eigenvalue weighted by Gasteiger charge is -2.09. The zero-order valence-electron chi connectivity index (χ0n) is 9.65. The number of hydrogen-bond acceptors (Lipinski definition) is 3. The van der Waals surface area contributed by atoms with Gasteiger partial charge in [-0.1, -0.05) is 12.1 Å². The molecule has 0 aliphatic heterocycles. The van der Waals surface area contributed by atoms with E-state index >= 15 is 0 Å². The second-order valence-corrected chi connectivity index (χ2v) is 3.59. The molecule has 0 fully saturated rings. The Labute approximate surface area is 99.4 Å². The number of carbonyl (C=O) groups excluding carboxylic acids is 2. The van der Waals surface area contributed by atoms with Gasteiger partial charge in [0.15, 0.2) is 5.78 Å². The van der Waals surface area contributed by atoms with E-state index in [0.717, 1.165) is 0 Å². The quantitative estimate of drug-likeness (QED) is 0.780. The molecule has 0 radical (unpaired) electrons. The summed E-state index contributed by atoms with van der Waals surface area (Å²) in [6, 6.07) is 7.45. The number of amides is 2. The molecule has 88 valence electrons. The first-order chi connectivity index (χ1) is 8.02. The number of hydrogen-bond donors (Lipinski definition) is 2.